The van der Waals surface area contributed by atoms with E-state index in [0.29, 0.717) is 6.54 Å². The molecule has 0 unspecified atom stereocenters. The summed E-state index contributed by atoms with van der Waals surface area (Å²) >= 11 is 4.55. The molecule has 2 aromatic rings. The largest absolute Gasteiger partial charge is 0.464 e. The van der Waals surface area contributed by atoms with E-state index in [4.69, 9.17) is 4.74 Å². The fourth-order valence-corrected chi connectivity index (χ4v) is 3.00. The van der Waals surface area contributed by atoms with Gasteiger partial charge in [0.15, 0.2) is 0 Å². The fraction of sp³-hybridized carbons (Fsp3) is 0.273. The Hall–Kier alpha value is -1.14. The van der Waals surface area contributed by atoms with Gasteiger partial charge in [0, 0.05) is 11.4 Å². The Bertz CT molecular complexity index is 617. The van der Waals surface area contributed by atoms with Gasteiger partial charge in [-0.3, -0.25) is 14.2 Å². The zero-order chi connectivity index (χ0) is 12.4. The van der Waals surface area contributed by atoms with Gasteiger partial charge in [-0.25, -0.2) is 0 Å². The minimum atomic E-state index is -0.333. The molecular formula is C11H10BrNO3S. The summed E-state index contributed by atoms with van der Waals surface area (Å²) in [5.74, 6) is -0.333. The van der Waals surface area contributed by atoms with Crippen molar-refractivity contribution in [3.05, 3.63) is 32.3 Å². The van der Waals surface area contributed by atoms with Crippen molar-refractivity contribution < 1.29 is 9.53 Å². The van der Waals surface area contributed by atoms with Crippen molar-refractivity contribution in [2.24, 2.45) is 0 Å². The summed E-state index contributed by atoms with van der Waals surface area (Å²) in [5, 5.41) is 0. The Kier molecular flexibility index (Phi) is 3.63. The number of hydrogen-bond acceptors (Lipinski definition) is 4. The summed E-state index contributed by atoms with van der Waals surface area (Å²) in [6.45, 7) is 1.96. The van der Waals surface area contributed by atoms with E-state index in [1.807, 2.05) is 18.2 Å². The van der Waals surface area contributed by atoms with Crippen molar-refractivity contribution in [2.45, 2.75) is 13.5 Å². The van der Waals surface area contributed by atoms with Crippen LogP contribution in [-0.4, -0.2) is 17.1 Å². The normalized spacial score (nSPS) is 10.7. The minimum absolute atomic E-state index is 0.0368. The topological polar surface area (TPSA) is 48.3 Å². The van der Waals surface area contributed by atoms with E-state index >= 15 is 0 Å². The summed E-state index contributed by atoms with van der Waals surface area (Å²) in [4.78, 5) is 22.4. The summed E-state index contributed by atoms with van der Waals surface area (Å²) < 4.78 is 8.33. The molecule has 2 rings (SSSR count). The lowest BCUT2D eigenvalue weighted by Gasteiger charge is -2.03. The molecule has 0 atom stereocenters. The molecule has 6 heteroatoms. The third-order valence-corrected chi connectivity index (χ3v) is 3.69. The number of hydrogen-bond donors (Lipinski definition) is 0. The third kappa shape index (κ3) is 2.76. The predicted molar refractivity (Wildman–Crippen MR) is 70.4 cm³/mol. The predicted octanol–water partition coefficient (Wildman–Crippen LogP) is 2.39. The standard InChI is InChI=1S/C11H10BrNO3S/c1-7(14)16-5-4-13-9-3-2-8(12)6-10(9)17-11(13)15/h2-3,6H,4-5H2,1H3. The first kappa shape index (κ1) is 12.3. The Morgan fingerprint density at radius 2 is 2.29 bits per heavy atom. The smallest absolute Gasteiger partial charge is 0.308 e. The number of carbonyl (C=O) groups is 1. The second kappa shape index (κ2) is 5.01. The molecule has 0 aliphatic rings. The Balaban J connectivity index is 2.30. The average Bonchev–Trinajstić information content (AvgIpc) is 2.54. The van der Waals surface area contributed by atoms with Crippen LogP contribution < -0.4 is 4.87 Å². The maximum Gasteiger partial charge on any atom is 0.308 e. The Morgan fingerprint density at radius 3 is 3.00 bits per heavy atom. The van der Waals surface area contributed by atoms with Gasteiger partial charge in [0.25, 0.3) is 0 Å². The van der Waals surface area contributed by atoms with Crippen molar-refractivity contribution in [1.29, 1.82) is 0 Å². The van der Waals surface area contributed by atoms with Crippen LogP contribution in [0.25, 0.3) is 10.2 Å². The molecule has 4 nitrogen and oxygen atoms in total. The highest BCUT2D eigenvalue weighted by molar-refractivity contribution is 9.10. The van der Waals surface area contributed by atoms with E-state index < -0.39 is 0 Å². The molecule has 90 valence electrons. The second-order valence-electron chi connectivity index (χ2n) is 3.47. The van der Waals surface area contributed by atoms with E-state index in [0.717, 1.165) is 14.7 Å². The fourth-order valence-electron chi connectivity index (χ4n) is 1.53. The van der Waals surface area contributed by atoms with Crippen molar-refractivity contribution in [1.82, 2.24) is 4.57 Å². The molecule has 0 aliphatic carbocycles. The number of carbonyl (C=O) groups excluding carboxylic acids is 1. The molecule has 0 bridgehead atoms. The van der Waals surface area contributed by atoms with Gasteiger partial charge in [-0.1, -0.05) is 27.3 Å². The lowest BCUT2D eigenvalue weighted by Crippen LogP contribution is -2.17. The lowest BCUT2D eigenvalue weighted by molar-refractivity contribution is -0.141. The maximum atomic E-state index is 11.8. The quantitative estimate of drug-likeness (QED) is 0.817. The minimum Gasteiger partial charge on any atom is -0.464 e. The number of halogens is 1. The van der Waals surface area contributed by atoms with Gasteiger partial charge < -0.3 is 4.74 Å². The van der Waals surface area contributed by atoms with Gasteiger partial charge >= 0.3 is 10.8 Å². The van der Waals surface area contributed by atoms with E-state index in [1.165, 1.54) is 18.3 Å². The van der Waals surface area contributed by atoms with Crippen LogP contribution in [0.1, 0.15) is 6.92 Å². The van der Waals surface area contributed by atoms with Crippen LogP contribution in [0.5, 0.6) is 0 Å². The Morgan fingerprint density at radius 1 is 1.53 bits per heavy atom. The van der Waals surface area contributed by atoms with Crippen LogP contribution in [0.3, 0.4) is 0 Å². The van der Waals surface area contributed by atoms with Crippen LogP contribution in [0.4, 0.5) is 0 Å². The van der Waals surface area contributed by atoms with Gasteiger partial charge in [-0.05, 0) is 18.2 Å². The second-order valence-corrected chi connectivity index (χ2v) is 5.38. The van der Waals surface area contributed by atoms with Crippen molar-refractivity contribution in [3.63, 3.8) is 0 Å². The van der Waals surface area contributed by atoms with E-state index in [-0.39, 0.29) is 17.4 Å². The molecule has 0 spiro atoms. The number of benzene rings is 1. The first-order chi connectivity index (χ1) is 8.08. The van der Waals surface area contributed by atoms with Crippen molar-refractivity contribution >= 4 is 43.5 Å². The molecule has 1 aromatic heterocycles. The lowest BCUT2D eigenvalue weighted by atomic mass is 10.3. The van der Waals surface area contributed by atoms with Gasteiger partial charge in [0.1, 0.15) is 6.61 Å². The molecule has 1 aromatic carbocycles. The molecule has 0 aliphatic heterocycles. The highest BCUT2D eigenvalue weighted by atomic mass is 79.9. The van der Waals surface area contributed by atoms with E-state index in [1.54, 1.807) is 4.57 Å². The number of thiazole rings is 1. The molecule has 0 radical (unpaired) electrons. The molecule has 1 heterocycles. The van der Waals surface area contributed by atoms with Gasteiger partial charge in [-0.2, -0.15) is 0 Å². The summed E-state index contributed by atoms with van der Waals surface area (Å²) in [5.41, 5.74) is 0.871. The number of esters is 1. The zero-order valence-electron chi connectivity index (χ0n) is 9.10. The number of rotatable bonds is 3. The van der Waals surface area contributed by atoms with Crippen LogP contribution in [0.15, 0.2) is 27.5 Å². The maximum absolute atomic E-state index is 11.8. The number of aromatic nitrogens is 1. The summed E-state index contributed by atoms with van der Waals surface area (Å²) in [6.07, 6.45) is 0. The molecule has 0 saturated heterocycles. The van der Waals surface area contributed by atoms with Crippen LogP contribution >= 0.6 is 27.3 Å². The van der Waals surface area contributed by atoms with Crippen molar-refractivity contribution in [2.75, 3.05) is 6.61 Å². The molecule has 0 saturated carbocycles. The molecular weight excluding hydrogens is 306 g/mol. The Labute approximate surface area is 110 Å². The SMILES string of the molecule is CC(=O)OCCn1c(=O)sc2cc(Br)ccc21. The summed E-state index contributed by atoms with van der Waals surface area (Å²) in [6, 6.07) is 5.67. The first-order valence-electron chi connectivity index (χ1n) is 5.00. The zero-order valence-corrected chi connectivity index (χ0v) is 11.5. The number of ether oxygens (including phenoxy) is 1. The molecule has 17 heavy (non-hydrogen) atoms. The average molecular weight is 316 g/mol. The first-order valence-corrected chi connectivity index (χ1v) is 6.61. The summed E-state index contributed by atoms with van der Waals surface area (Å²) in [7, 11) is 0. The van der Waals surface area contributed by atoms with Crippen molar-refractivity contribution in [3.8, 4) is 0 Å². The van der Waals surface area contributed by atoms with E-state index in [2.05, 4.69) is 15.9 Å². The molecule has 0 N–H and O–H groups in total. The molecule has 0 amide bonds. The van der Waals surface area contributed by atoms with Crippen LogP contribution in [-0.2, 0) is 16.1 Å². The van der Waals surface area contributed by atoms with Gasteiger partial charge in [-0.15, -0.1) is 0 Å². The highest BCUT2D eigenvalue weighted by Crippen LogP contribution is 2.21. The highest BCUT2D eigenvalue weighted by Gasteiger charge is 2.07. The van der Waals surface area contributed by atoms with E-state index in [9.17, 15) is 9.59 Å². The van der Waals surface area contributed by atoms with Crippen LogP contribution in [0.2, 0.25) is 0 Å². The van der Waals surface area contributed by atoms with Gasteiger partial charge in [0.2, 0.25) is 0 Å². The number of fused-ring (bicyclic) bond motifs is 1. The third-order valence-electron chi connectivity index (χ3n) is 2.25. The monoisotopic (exact) mass is 315 g/mol. The molecule has 0 fully saturated rings. The number of nitrogens with zero attached hydrogens (tertiary/aromatic N) is 1. The van der Waals surface area contributed by atoms with Crippen LogP contribution in [0, 0.1) is 0 Å². The van der Waals surface area contributed by atoms with Gasteiger partial charge in [0.05, 0.1) is 16.8 Å².